The van der Waals surface area contributed by atoms with Gasteiger partial charge < -0.3 is 5.73 Å². The van der Waals surface area contributed by atoms with E-state index in [0.29, 0.717) is 4.34 Å². The lowest BCUT2D eigenvalue weighted by atomic mass is 10.0. The number of thiazole rings is 1. The fraction of sp³-hybridized carbons (Fsp3) is 0.571. The maximum absolute atomic E-state index is 5.94. The van der Waals surface area contributed by atoms with E-state index in [1.807, 2.05) is 13.8 Å². The molecule has 1 aromatic rings. The molecule has 0 radical (unpaired) electrons. The Bertz CT molecular complexity index is 244. The van der Waals surface area contributed by atoms with E-state index in [-0.39, 0.29) is 5.54 Å². The molecule has 0 aromatic carbocycles. The second-order valence-corrected chi connectivity index (χ2v) is 4.40. The van der Waals surface area contributed by atoms with Crippen molar-refractivity contribution < 1.29 is 0 Å². The fourth-order valence-electron chi connectivity index (χ4n) is 0.670. The molecule has 11 heavy (non-hydrogen) atoms. The van der Waals surface area contributed by atoms with Gasteiger partial charge in [0.05, 0.1) is 11.7 Å². The third kappa shape index (κ3) is 1.92. The standard InChI is InChI=1S/C7H11ClN2S/c1-3-7(2,9)6-10-4-5(8)11-6/h4H,3,9H2,1-2H3. The van der Waals surface area contributed by atoms with Gasteiger partial charge in [-0.25, -0.2) is 4.98 Å². The summed E-state index contributed by atoms with van der Waals surface area (Å²) in [7, 11) is 0. The number of nitrogens with two attached hydrogens (primary N) is 1. The predicted octanol–water partition coefficient (Wildman–Crippen LogP) is 2.38. The van der Waals surface area contributed by atoms with E-state index in [1.54, 1.807) is 6.20 Å². The predicted molar refractivity (Wildman–Crippen MR) is 49.0 cm³/mol. The van der Waals surface area contributed by atoms with Crippen LogP contribution in [0.2, 0.25) is 4.34 Å². The Labute approximate surface area is 75.4 Å². The van der Waals surface area contributed by atoms with E-state index in [0.717, 1.165) is 11.4 Å². The molecule has 0 spiro atoms. The Morgan fingerprint density at radius 3 is 2.82 bits per heavy atom. The number of hydrogen-bond donors (Lipinski definition) is 1. The fourth-order valence-corrected chi connectivity index (χ4v) is 1.71. The number of hydrogen-bond acceptors (Lipinski definition) is 3. The zero-order valence-corrected chi connectivity index (χ0v) is 8.17. The SMILES string of the molecule is CCC(C)(N)c1ncc(Cl)s1. The van der Waals surface area contributed by atoms with Crippen molar-refractivity contribution in [2.45, 2.75) is 25.8 Å². The van der Waals surface area contributed by atoms with Crippen LogP contribution in [0.25, 0.3) is 0 Å². The van der Waals surface area contributed by atoms with Gasteiger partial charge in [0.15, 0.2) is 0 Å². The lowest BCUT2D eigenvalue weighted by Crippen LogP contribution is -2.31. The van der Waals surface area contributed by atoms with Crippen LogP contribution >= 0.6 is 22.9 Å². The number of aromatic nitrogens is 1. The molecule has 0 aliphatic carbocycles. The first-order valence-corrected chi connectivity index (χ1v) is 4.66. The van der Waals surface area contributed by atoms with Gasteiger partial charge in [0, 0.05) is 0 Å². The maximum atomic E-state index is 5.94. The summed E-state index contributed by atoms with van der Waals surface area (Å²) >= 11 is 7.17. The lowest BCUT2D eigenvalue weighted by Gasteiger charge is -2.18. The minimum absolute atomic E-state index is 0.322. The molecule has 0 aliphatic rings. The highest BCUT2D eigenvalue weighted by Crippen LogP contribution is 2.28. The van der Waals surface area contributed by atoms with Crippen LogP contribution in [-0.2, 0) is 5.54 Å². The first-order valence-electron chi connectivity index (χ1n) is 3.47. The van der Waals surface area contributed by atoms with Gasteiger partial charge in [-0.2, -0.15) is 0 Å². The normalized spacial score (nSPS) is 16.4. The largest absolute Gasteiger partial charge is 0.320 e. The Morgan fingerprint density at radius 2 is 2.45 bits per heavy atom. The van der Waals surface area contributed by atoms with E-state index in [4.69, 9.17) is 17.3 Å². The zero-order chi connectivity index (χ0) is 8.48. The second kappa shape index (κ2) is 3.09. The van der Waals surface area contributed by atoms with E-state index >= 15 is 0 Å². The average molecular weight is 191 g/mol. The Balaban J connectivity index is 2.92. The van der Waals surface area contributed by atoms with Crippen LogP contribution in [0, 0.1) is 0 Å². The molecule has 62 valence electrons. The summed E-state index contributed by atoms with van der Waals surface area (Å²) < 4.78 is 0.699. The summed E-state index contributed by atoms with van der Waals surface area (Å²) in [4.78, 5) is 4.12. The van der Waals surface area contributed by atoms with Crippen LogP contribution in [0.3, 0.4) is 0 Å². The first kappa shape index (κ1) is 8.97. The van der Waals surface area contributed by atoms with Gasteiger partial charge >= 0.3 is 0 Å². The van der Waals surface area contributed by atoms with Crippen LogP contribution in [0.1, 0.15) is 25.3 Å². The third-order valence-electron chi connectivity index (χ3n) is 1.70. The highest BCUT2D eigenvalue weighted by Gasteiger charge is 2.21. The summed E-state index contributed by atoms with van der Waals surface area (Å²) in [5.74, 6) is 0. The van der Waals surface area contributed by atoms with Crippen molar-refractivity contribution in [3.8, 4) is 0 Å². The number of rotatable bonds is 2. The zero-order valence-electron chi connectivity index (χ0n) is 6.60. The van der Waals surface area contributed by atoms with E-state index in [2.05, 4.69) is 4.98 Å². The smallest absolute Gasteiger partial charge is 0.114 e. The quantitative estimate of drug-likeness (QED) is 0.778. The van der Waals surface area contributed by atoms with E-state index < -0.39 is 0 Å². The Hall–Kier alpha value is -0.120. The Kier molecular flexibility index (Phi) is 2.52. The van der Waals surface area contributed by atoms with Crippen LogP contribution in [0.15, 0.2) is 6.20 Å². The molecule has 1 rings (SSSR count). The minimum atomic E-state index is -0.322. The van der Waals surface area contributed by atoms with Gasteiger partial charge in [0.1, 0.15) is 9.34 Å². The molecular weight excluding hydrogens is 180 g/mol. The molecule has 1 aromatic heterocycles. The van der Waals surface area contributed by atoms with Gasteiger partial charge in [0.25, 0.3) is 0 Å². The highest BCUT2D eigenvalue weighted by molar-refractivity contribution is 7.15. The van der Waals surface area contributed by atoms with Crippen molar-refractivity contribution in [2.75, 3.05) is 0 Å². The topological polar surface area (TPSA) is 38.9 Å². The summed E-state index contributed by atoms with van der Waals surface area (Å²) in [6.07, 6.45) is 2.51. The van der Waals surface area contributed by atoms with E-state index in [1.165, 1.54) is 11.3 Å². The molecule has 2 N–H and O–H groups in total. The molecule has 2 nitrogen and oxygen atoms in total. The van der Waals surface area contributed by atoms with Gasteiger partial charge in [-0.05, 0) is 13.3 Å². The van der Waals surface area contributed by atoms with Crippen LogP contribution in [0.5, 0.6) is 0 Å². The van der Waals surface area contributed by atoms with Crippen molar-refractivity contribution >= 4 is 22.9 Å². The summed E-state index contributed by atoms with van der Waals surface area (Å²) in [5.41, 5.74) is 5.62. The van der Waals surface area contributed by atoms with Crippen molar-refractivity contribution in [1.82, 2.24) is 4.98 Å². The van der Waals surface area contributed by atoms with Crippen LogP contribution in [0.4, 0.5) is 0 Å². The highest BCUT2D eigenvalue weighted by atomic mass is 35.5. The summed E-state index contributed by atoms with van der Waals surface area (Å²) in [6.45, 7) is 4.00. The van der Waals surface area contributed by atoms with E-state index in [9.17, 15) is 0 Å². The lowest BCUT2D eigenvalue weighted by molar-refractivity contribution is 0.474. The van der Waals surface area contributed by atoms with Gasteiger partial charge in [-0.15, -0.1) is 11.3 Å². The van der Waals surface area contributed by atoms with Crippen molar-refractivity contribution in [3.05, 3.63) is 15.5 Å². The van der Waals surface area contributed by atoms with Crippen molar-refractivity contribution in [3.63, 3.8) is 0 Å². The molecule has 1 heterocycles. The molecule has 1 atom stereocenters. The van der Waals surface area contributed by atoms with Crippen LogP contribution < -0.4 is 5.73 Å². The molecule has 0 saturated heterocycles. The summed E-state index contributed by atoms with van der Waals surface area (Å²) in [5, 5.41) is 0.907. The molecule has 1 unspecified atom stereocenters. The van der Waals surface area contributed by atoms with Gasteiger partial charge in [-0.3, -0.25) is 0 Å². The van der Waals surface area contributed by atoms with Crippen LogP contribution in [-0.4, -0.2) is 4.98 Å². The monoisotopic (exact) mass is 190 g/mol. The number of nitrogens with zero attached hydrogens (tertiary/aromatic N) is 1. The minimum Gasteiger partial charge on any atom is -0.320 e. The average Bonchev–Trinajstić information content (AvgIpc) is 2.36. The van der Waals surface area contributed by atoms with Crippen molar-refractivity contribution in [2.24, 2.45) is 5.73 Å². The third-order valence-corrected chi connectivity index (χ3v) is 3.10. The van der Waals surface area contributed by atoms with Crippen molar-refractivity contribution in [1.29, 1.82) is 0 Å². The number of halogens is 1. The van der Waals surface area contributed by atoms with Gasteiger partial charge in [0.2, 0.25) is 0 Å². The molecule has 0 amide bonds. The first-order chi connectivity index (χ1) is 5.06. The Morgan fingerprint density at radius 1 is 1.82 bits per heavy atom. The molecule has 0 bridgehead atoms. The molecule has 0 saturated carbocycles. The maximum Gasteiger partial charge on any atom is 0.114 e. The second-order valence-electron chi connectivity index (χ2n) is 2.74. The molecule has 0 aliphatic heterocycles. The summed E-state index contributed by atoms with van der Waals surface area (Å²) in [6, 6.07) is 0. The molecule has 0 fully saturated rings. The van der Waals surface area contributed by atoms with Gasteiger partial charge in [-0.1, -0.05) is 18.5 Å². The molecule has 4 heteroatoms. The molecular formula is C7H11ClN2S.